The Morgan fingerprint density at radius 1 is 1.21 bits per heavy atom. The van der Waals surface area contributed by atoms with Gasteiger partial charge in [0.15, 0.2) is 17.3 Å². The topological polar surface area (TPSA) is 95.7 Å². The van der Waals surface area contributed by atoms with Crippen molar-refractivity contribution < 1.29 is 24.1 Å². The highest BCUT2D eigenvalue weighted by atomic mass is 35.5. The summed E-state index contributed by atoms with van der Waals surface area (Å²) >= 11 is 6.42. The average molecular weight is 472 g/mol. The number of carboxylic acids is 1. The van der Waals surface area contributed by atoms with Crippen LogP contribution in [-0.4, -0.2) is 40.1 Å². The van der Waals surface area contributed by atoms with Crippen molar-refractivity contribution in [3.8, 4) is 17.2 Å². The highest BCUT2D eigenvalue weighted by Gasteiger charge is 2.37. The van der Waals surface area contributed by atoms with E-state index >= 15 is 0 Å². The minimum absolute atomic E-state index is 0.100. The Kier molecular flexibility index (Phi) is 6.58. The molecule has 2 aromatic carbocycles. The zero-order valence-corrected chi connectivity index (χ0v) is 19.7. The molecule has 0 radical (unpaired) electrons. The van der Waals surface area contributed by atoms with Crippen LogP contribution in [0.2, 0.25) is 5.02 Å². The van der Waals surface area contributed by atoms with Crippen LogP contribution in [0.15, 0.2) is 36.4 Å². The lowest BCUT2D eigenvalue weighted by Gasteiger charge is -2.24. The van der Waals surface area contributed by atoms with Gasteiger partial charge >= 0.3 is 5.97 Å². The average Bonchev–Trinajstić information content (AvgIpc) is 3.20. The third-order valence-corrected chi connectivity index (χ3v) is 6.18. The Labute approximate surface area is 197 Å². The molecular weight excluding hydrogens is 446 g/mol. The molecule has 174 valence electrons. The first-order chi connectivity index (χ1) is 15.9. The van der Waals surface area contributed by atoms with Crippen molar-refractivity contribution in [1.29, 1.82) is 0 Å². The van der Waals surface area contributed by atoms with Crippen molar-refractivity contribution in [3.05, 3.63) is 64.2 Å². The molecule has 1 N–H and O–H groups in total. The van der Waals surface area contributed by atoms with Crippen molar-refractivity contribution in [1.82, 2.24) is 14.8 Å². The summed E-state index contributed by atoms with van der Waals surface area (Å²) in [5.41, 5.74) is 2.24. The van der Waals surface area contributed by atoms with Crippen LogP contribution >= 0.6 is 11.6 Å². The number of hydrogen-bond donors (Lipinski definition) is 1. The minimum atomic E-state index is -1.00. The second-order valence-corrected chi connectivity index (χ2v) is 8.39. The molecule has 8 nitrogen and oxygen atoms in total. The van der Waals surface area contributed by atoms with Crippen molar-refractivity contribution in [2.45, 2.75) is 44.8 Å². The van der Waals surface area contributed by atoms with E-state index in [1.807, 2.05) is 28.8 Å². The number of benzene rings is 2. The fourth-order valence-electron chi connectivity index (χ4n) is 4.16. The SMILES string of the molecule is CCC(C)c1nnc2n1-c1ccc(Cl)cc1C(c1cccc(OC)c1OC)OC2CC(=O)O. The summed E-state index contributed by atoms with van der Waals surface area (Å²) in [5, 5.41) is 19.0. The summed E-state index contributed by atoms with van der Waals surface area (Å²) < 4.78 is 19.6. The van der Waals surface area contributed by atoms with E-state index in [2.05, 4.69) is 24.0 Å². The molecule has 1 aliphatic heterocycles. The summed E-state index contributed by atoms with van der Waals surface area (Å²) in [6.45, 7) is 4.13. The van der Waals surface area contributed by atoms with Gasteiger partial charge in [-0.25, -0.2) is 0 Å². The number of carbonyl (C=O) groups is 1. The number of nitrogens with zero attached hydrogens (tertiary/aromatic N) is 3. The number of para-hydroxylation sites is 1. The van der Waals surface area contributed by atoms with Crippen molar-refractivity contribution >= 4 is 17.6 Å². The fourth-order valence-corrected chi connectivity index (χ4v) is 4.34. The lowest BCUT2D eigenvalue weighted by atomic mass is 9.98. The first-order valence-electron chi connectivity index (χ1n) is 10.7. The van der Waals surface area contributed by atoms with Gasteiger partial charge in [-0.1, -0.05) is 37.6 Å². The number of fused-ring (bicyclic) bond motifs is 3. The molecule has 3 atom stereocenters. The lowest BCUT2D eigenvalue weighted by Crippen LogP contribution is -2.16. The maximum atomic E-state index is 11.8. The van der Waals surface area contributed by atoms with Gasteiger partial charge in [-0.2, -0.15) is 0 Å². The fraction of sp³-hybridized carbons (Fsp3) is 0.375. The maximum Gasteiger partial charge on any atom is 0.306 e. The van der Waals surface area contributed by atoms with Crippen LogP contribution in [0, 0.1) is 0 Å². The first-order valence-corrected chi connectivity index (χ1v) is 11.1. The largest absolute Gasteiger partial charge is 0.493 e. The molecule has 3 unspecified atom stereocenters. The number of aliphatic carboxylic acids is 1. The molecule has 0 aliphatic carbocycles. The molecule has 3 aromatic rings. The molecule has 1 aliphatic rings. The third kappa shape index (κ3) is 4.16. The number of rotatable bonds is 7. The second kappa shape index (κ2) is 9.41. The van der Waals surface area contributed by atoms with Crippen molar-refractivity contribution in [3.63, 3.8) is 0 Å². The van der Waals surface area contributed by atoms with Crippen LogP contribution in [-0.2, 0) is 9.53 Å². The Morgan fingerprint density at radius 2 is 2.00 bits per heavy atom. The number of carboxylic acid groups (broad SMARTS) is 1. The zero-order chi connectivity index (χ0) is 23.7. The van der Waals surface area contributed by atoms with Crippen LogP contribution in [0.25, 0.3) is 5.69 Å². The molecule has 0 saturated heterocycles. The molecule has 0 bridgehead atoms. The predicted molar refractivity (Wildman–Crippen MR) is 123 cm³/mol. The molecule has 0 fully saturated rings. The maximum absolute atomic E-state index is 11.8. The number of hydrogen-bond acceptors (Lipinski definition) is 6. The van der Waals surface area contributed by atoms with Gasteiger partial charge in [0.05, 0.1) is 26.3 Å². The van der Waals surface area contributed by atoms with Gasteiger partial charge in [0, 0.05) is 22.1 Å². The van der Waals surface area contributed by atoms with E-state index in [9.17, 15) is 9.90 Å². The van der Waals surface area contributed by atoms with Crippen LogP contribution in [0.5, 0.6) is 11.5 Å². The van der Waals surface area contributed by atoms with Crippen LogP contribution in [0.4, 0.5) is 0 Å². The molecule has 0 saturated carbocycles. The van der Waals surface area contributed by atoms with E-state index in [0.717, 1.165) is 23.5 Å². The van der Waals surface area contributed by atoms with Crippen LogP contribution in [0.3, 0.4) is 0 Å². The highest BCUT2D eigenvalue weighted by molar-refractivity contribution is 6.30. The minimum Gasteiger partial charge on any atom is -0.493 e. The summed E-state index contributed by atoms with van der Waals surface area (Å²) in [6, 6.07) is 11.0. The summed E-state index contributed by atoms with van der Waals surface area (Å²) in [4.78, 5) is 11.8. The lowest BCUT2D eigenvalue weighted by molar-refractivity contribution is -0.141. The Morgan fingerprint density at radius 3 is 2.67 bits per heavy atom. The Bertz CT molecular complexity index is 1180. The summed E-state index contributed by atoms with van der Waals surface area (Å²) in [6.07, 6.45) is -0.957. The highest BCUT2D eigenvalue weighted by Crippen LogP contribution is 2.46. The van der Waals surface area contributed by atoms with E-state index in [-0.39, 0.29) is 12.3 Å². The zero-order valence-electron chi connectivity index (χ0n) is 18.9. The molecule has 0 spiro atoms. The summed E-state index contributed by atoms with van der Waals surface area (Å²) in [5.74, 6) is 1.34. The molecule has 33 heavy (non-hydrogen) atoms. The molecule has 4 rings (SSSR count). The molecule has 2 heterocycles. The standard InChI is InChI=1S/C24H26ClN3O5/c1-5-13(2)23-26-27-24-19(12-20(29)30)33-21(15-7-6-8-18(31-3)22(15)32-4)16-11-14(25)9-10-17(16)28(23)24/h6-11,13,19,21H,5,12H2,1-4H3,(H,29,30). The van der Waals surface area contributed by atoms with E-state index < -0.39 is 18.2 Å². The first kappa shape index (κ1) is 23.1. The monoisotopic (exact) mass is 471 g/mol. The number of methoxy groups -OCH3 is 2. The van der Waals surface area contributed by atoms with Crippen LogP contribution in [0.1, 0.15) is 67.6 Å². The van der Waals surface area contributed by atoms with Gasteiger partial charge in [0.2, 0.25) is 0 Å². The summed E-state index contributed by atoms with van der Waals surface area (Å²) in [7, 11) is 3.12. The second-order valence-electron chi connectivity index (χ2n) is 7.95. The van der Waals surface area contributed by atoms with E-state index in [0.29, 0.717) is 27.9 Å². The van der Waals surface area contributed by atoms with Gasteiger partial charge in [0.25, 0.3) is 0 Å². The van der Waals surface area contributed by atoms with Crippen molar-refractivity contribution in [2.75, 3.05) is 14.2 Å². The number of halogens is 1. The Hall–Kier alpha value is -3.10. The quantitative estimate of drug-likeness (QED) is 0.512. The van der Waals surface area contributed by atoms with Crippen molar-refractivity contribution in [2.24, 2.45) is 0 Å². The normalized spacial score (nSPS) is 18.1. The van der Waals surface area contributed by atoms with E-state index in [1.54, 1.807) is 26.4 Å². The predicted octanol–water partition coefficient (Wildman–Crippen LogP) is 5.09. The smallest absolute Gasteiger partial charge is 0.306 e. The van der Waals surface area contributed by atoms with E-state index in [1.165, 1.54) is 0 Å². The molecular formula is C24H26ClN3O5. The molecule has 9 heteroatoms. The number of ether oxygens (including phenoxy) is 3. The Balaban J connectivity index is 2.01. The molecule has 1 aromatic heterocycles. The van der Waals surface area contributed by atoms with Gasteiger partial charge < -0.3 is 19.3 Å². The number of aromatic nitrogens is 3. The van der Waals surface area contributed by atoms with E-state index in [4.69, 9.17) is 25.8 Å². The molecule has 0 amide bonds. The van der Waals surface area contributed by atoms with Gasteiger partial charge in [-0.15, -0.1) is 10.2 Å². The van der Waals surface area contributed by atoms with Crippen LogP contribution < -0.4 is 9.47 Å². The van der Waals surface area contributed by atoms with Gasteiger partial charge in [-0.3, -0.25) is 9.36 Å². The van der Waals surface area contributed by atoms with Gasteiger partial charge in [-0.05, 0) is 30.7 Å². The third-order valence-electron chi connectivity index (χ3n) is 5.94. The van der Waals surface area contributed by atoms with Gasteiger partial charge in [0.1, 0.15) is 18.0 Å².